The van der Waals surface area contributed by atoms with Crippen LogP contribution in [-0.2, 0) is 28.4 Å². The van der Waals surface area contributed by atoms with Crippen LogP contribution in [0, 0.1) is 0 Å². The molecular formula is C26H38O8. The van der Waals surface area contributed by atoms with E-state index in [2.05, 4.69) is 0 Å². The molecule has 0 spiro atoms. The van der Waals surface area contributed by atoms with E-state index in [0.29, 0.717) is 79.3 Å². The Morgan fingerprint density at radius 2 is 0.735 bits per heavy atom. The van der Waals surface area contributed by atoms with Crippen LogP contribution in [0.15, 0.2) is 48.5 Å². The smallest absolute Gasteiger partial charge is 0.127 e. The second kappa shape index (κ2) is 19.1. The van der Waals surface area contributed by atoms with Crippen molar-refractivity contribution in [3.8, 4) is 22.6 Å². The predicted octanol–water partition coefficient (Wildman–Crippen LogP) is 3.47. The minimum atomic E-state index is 0.443. The van der Waals surface area contributed by atoms with Crippen molar-refractivity contribution in [3.05, 3.63) is 48.5 Å². The van der Waals surface area contributed by atoms with Gasteiger partial charge in [-0.15, -0.1) is 0 Å². The third kappa shape index (κ3) is 11.8. The molecule has 2 aromatic carbocycles. The Balaban J connectivity index is 1.76. The Labute approximate surface area is 203 Å². The van der Waals surface area contributed by atoms with Crippen LogP contribution in [0.5, 0.6) is 11.5 Å². The van der Waals surface area contributed by atoms with Crippen molar-refractivity contribution in [2.45, 2.75) is 0 Å². The van der Waals surface area contributed by atoms with Crippen LogP contribution in [0.25, 0.3) is 11.1 Å². The summed E-state index contributed by atoms with van der Waals surface area (Å²) in [7, 11) is 3.30. The largest absolute Gasteiger partial charge is 0.491 e. The minimum absolute atomic E-state index is 0.443. The van der Waals surface area contributed by atoms with Crippen LogP contribution in [0.4, 0.5) is 0 Å². The Morgan fingerprint density at radius 1 is 0.412 bits per heavy atom. The number of ether oxygens (including phenoxy) is 8. The molecule has 0 heterocycles. The zero-order valence-corrected chi connectivity index (χ0v) is 20.4. The second-order valence-corrected chi connectivity index (χ2v) is 7.12. The van der Waals surface area contributed by atoms with Crippen molar-refractivity contribution < 1.29 is 37.9 Å². The zero-order chi connectivity index (χ0) is 24.1. The molecule has 8 heteroatoms. The van der Waals surface area contributed by atoms with Gasteiger partial charge in [0.15, 0.2) is 0 Å². The number of benzene rings is 2. The van der Waals surface area contributed by atoms with Crippen LogP contribution in [0.1, 0.15) is 0 Å². The summed E-state index contributed by atoms with van der Waals surface area (Å²) in [5.74, 6) is 1.56. The fourth-order valence-corrected chi connectivity index (χ4v) is 2.98. The lowest BCUT2D eigenvalue weighted by molar-refractivity contribution is 0.0179. The molecule has 0 aliphatic heterocycles. The van der Waals surface area contributed by atoms with Crippen molar-refractivity contribution in [1.82, 2.24) is 0 Å². The molecule has 34 heavy (non-hydrogen) atoms. The first-order valence-electron chi connectivity index (χ1n) is 11.6. The Bertz CT molecular complexity index is 692. The Morgan fingerprint density at radius 3 is 1.12 bits per heavy atom. The van der Waals surface area contributed by atoms with E-state index >= 15 is 0 Å². The van der Waals surface area contributed by atoms with Crippen LogP contribution in [0.2, 0.25) is 0 Å². The van der Waals surface area contributed by atoms with Gasteiger partial charge in [-0.05, 0) is 12.1 Å². The number of hydrogen-bond donors (Lipinski definition) is 0. The van der Waals surface area contributed by atoms with Crippen molar-refractivity contribution in [2.75, 3.05) is 93.5 Å². The highest BCUT2D eigenvalue weighted by Gasteiger charge is 2.11. The lowest BCUT2D eigenvalue weighted by Crippen LogP contribution is -2.13. The highest BCUT2D eigenvalue weighted by molar-refractivity contribution is 5.75. The molecule has 0 aliphatic carbocycles. The molecule has 8 nitrogen and oxygen atoms in total. The lowest BCUT2D eigenvalue weighted by atomic mass is 10.0. The zero-order valence-electron chi connectivity index (χ0n) is 20.4. The second-order valence-electron chi connectivity index (χ2n) is 7.12. The van der Waals surface area contributed by atoms with Gasteiger partial charge in [0.25, 0.3) is 0 Å². The summed E-state index contributed by atoms with van der Waals surface area (Å²) in [4.78, 5) is 0. The third-order valence-corrected chi connectivity index (χ3v) is 4.64. The first kappa shape index (κ1) is 28.0. The highest BCUT2D eigenvalue weighted by Crippen LogP contribution is 2.36. The first-order valence-corrected chi connectivity index (χ1v) is 11.6. The van der Waals surface area contributed by atoms with Gasteiger partial charge in [-0.3, -0.25) is 0 Å². The summed E-state index contributed by atoms with van der Waals surface area (Å²) < 4.78 is 43.8. The summed E-state index contributed by atoms with van der Waals surface area (Å²) in [6.07, 6.45) is 0. The molecule has 2 aromatic rings. The number of para-hydroxylation sites is 2. The first-order chi connectivity index (χ1) is 16.9. The topological polar surface area (TPSA) is 73.8 Å². The molecule has 2 rings (SSSR count). The lowest BCUT2D eigenvalue weighted by Gasteiger charge is -2.15. The maximum atomic E-state index is 6.00. The average molecular weight is 479 g/mol. The summed E-state index contributed by atoms with van der Waals surface area (Å²) in [6, 6.07) is 15.8. The van der Waals surface area contributed by atoms with Gasteiger partial charge in [-0.1, -0.05) is 36.4 Å². The van der Waals surface area contributed by atoms with Crippen LogP contribution < -0.4 is 9.47 Å². The van der Waals surface area contributed by atoms with Gasteiger partial charge >= 0.3 is 0 Å². The molecule has 0 N–H and O–H groups in total. The van der Waals surface area contributed by atoms with E-state index in [1.165, 1.54) is 0 Å². The summed E-state index contributed by atoms with van der Waals surface area (Å²) in [5.41, 5.74) is 1.93. The number of hydrogen-bond acceptors (Lipinski definition) is 8. The van der Waals surface area contributed by atoms with Crippen molar-refractivity contribution in [1.29, 1.82) is 0 Å². The maximum Gasteiger partial charge on any atom is 0.127 e. The number of rotatable bonds is 21. The highest BCUT2D eigenvalue weighted by atomic mass is 16.6. The van der Waals surface area contributed by atoms with E-state index in [0.717, 1.165) is 22.6 Å². The summed E-state index contributed by atoms with van der Waals surface area (Å²) >= 11 is 0. The Hall–Kier alpha value is -2.20. The molecule has 0 radical (unpaired) electrons. The quantitative estimate of drug-likeness (QED) is 0.253. The van der Waals surface area contributed by atoms with Gasteiger partial charge < -0.3 is 37.9 Å². The van der Waals surface area contributed by atoms with Crippen LogP contribution >= 0.6 is 0 Å². The van der Waals surface area contributed by atoms with Crippen LogP contribution in [-0.4, -0.2) is 93.5 Å². The molecule has 0 fully saturated rings. The molecule has 0 saturated heterocycles. The molecule has 0 bridgehead atoms. The third-order valence-electron chi connectivity index (χ3n) is 4.64. The van der Waals surface area contributed by atoms with Gasteiger partial charge in [-0.25, -0.2) is 0 Å². The molecule has 0 amide bonds. The normalized spacial score (nSPS) is 11.0. The standard InChI is InChI=1S/C26H38O8/c1-27-11-13-29-15-17-31-19-21-33-25-9-5-3-7-23(25)24-8-4-6-10-26(24)34-22-20-32-18-16-30-14-12-28-2/h3-10H,11-22H2,1-2H3. The van der Waals surface area contributed by atoms with Gasteiger partial charge in [-0.2, -0.15) is 0 Å². The van der Waals surface area contributed by atoms with Crippen molar-refractivity contribution in [2.24, 2.45) is 0 Å². The van der Waals surface area contributed by atoms with Crippen LogP contribution in [0.3, 0.4) is 0 Å². The predicted molar refractivity (Wildman–Crippen MR) is 130 cm³/mol. The van der Waals surface area contributed by atoms with E-state index in [9.17, 15) is 0 Å². The van der Waals surface area contributed by atoms with Gasteiger partial charge in [0, 0.05) is 25.3 Å². The fraction of sp³-hybridized carbons (Fsp3) is 0.538. The molecule has 0 unspecified atom stereocenters. The molecule has 0 saturated carbocycles. The Kier molecular flexibility index (Phi) is 15.8. The molecule has 0 atom stereocenters. The summed E-state index contributed by atoms with van der Waals surface area (Å²) in [5, 5.41) is 0. The molecule has 190 valence electrons. The van der Waals surface area contributed by atoms with Crippen molar-refractivity contribution in [3.63, 3.8) is 0 Å². The van der Waals surface area contributed by atoms with E-state index in [1.807, 2.05) is 48.5 Å². The van der Waals surface area contributed by atoms with E-state index in [4.69, 9.17) is 37.9 Å². The molecule has 0 aliphatic rings. The molecular weight excluding hydrogens is 440 g/mol. The van der Waals surface area contributed by atoms with E-state index in [-0.39, 0.29) is 0 Å². The van der Waals surface area contributed by atoms with Gasteiger partial charge in [0.1, 0.15) is 24.7 Å². The van der Waals surface area contributed by atoms with E-state index in [1.54, 1.807) is 14.2 Å². The van der Waals surface area contributed by atoms with E-state index < -0.39 is 0 Å². The average Bonchev–Trinajstić information content (AvgIpc) is 2.87. The van der Waals surface area contributed by atoms with Gasteiger partial charge in [0.2, 0.25) is 0 Å². The fourth-order valence-electron chi connectivity index (χ4n) is 2.98. The monoisotopic (exact) mass is 478 g/mol. The minimum Gasteiger partial charge on any atom is -0.491 e. The SMILES string of the molecule is COCCOCCOCCOc1ccccc1-c1ccccc1OCCOCCOCCOC. The molecule has 0 aromatic heterocycles. The van der Waals surface area contributed by atoms with Crippen molar-refractivity contribution >= 4 is 0 Å². The maximum absolute atomic E-state index is 6.00. The number of methoxy groups -OCH3 is 2. The summed E-state index contributed by atoms with van der Waals surface area (Å²) in [6.45, 7) is 6.27. The van der Waals surface area contributed by atoms with Gasteiger partial charge in [0.05, 0.1) is 66.1 Å².